The van der Waals surface area contributed by atoms with Gasteiger partial charge in [0.25, 0.3) is 5.91 Å². The average Bonchev–Trinajstić information content (AvgIpc) is 3.23. The molecule has 3 unspecified atom stereocenters. The van der Waals surface area contributed by atoms with Crippen molar-refractivity contribution in [2.24, 2.45) is 11.3 Å². The minimum atomic E-state index is -0.790. The molecule has 2 aliphatic heterocycles. The summed E-state index contributed by atoms with van der Waals surface area (Å²) in [7, 11) is 1.55. The molecule has 0 bridgehead atoms. The molecule has 3 heterocycles. The summed E-state index contributed by atoms with van der Waals surface area (Å²) < 4.78 is 5.46. The van der Waals surface area contributed by atoms with Gasteiger partial charge in [0.1, 0.15) is 23.5 Å². The van der Waals surface area contributed by atoms with Crippen molar-refractivity contribution < 1.29 is 19.1 Å². The molecule has 3 atom stereocenters. The van der Waals surface area contributed by atoms with Gasteiger partial charge in [-0.2, -0.15) is 5.26 Å². The number of carbonyl (C=O) groups excluding carboxylic acids is 3. The maximum absolute atomic E-state index is 13.9. The fraction of sp³-hybridized carbons (Fsp3) is 0.586. The number of likely N-dealkylation sites (tertiary alicyclic amines) is 1. The topological polar surface area (TPSA) is 127 Å². The summed E-state index contributed by atoms with van der Waals surface area (Å²) in [4.78, 5) is 44.9. The third kappa shape index (κ3) is 4.84. The number of halogens is 1. The zero-order chi connectivity index (χ0) is 27.4. The van der Waals surface area contributed by atoms with Crippen molar-refractivity contribution in [2.45, 2.75) is 81.8 Å². The van der Waals surface area contributed by atoms with Crippen LogP contribution in [-0.4, -0.2) is 58.9 Å². The molecule has 1 aromatic carbocycles. The van der Waals surface area contributed by atoms with E-state index in [4.69, 9.17) is 16.3 Å². The molecule has 3 N–H and O–H groups in total. The van der Waals surface area contributed by atoms with Gasteiger partial charge < -0.3 is 25.3 Å². The molecule has 4 fully saturated rings. The van der Waals surface area contributed by atoms with Gasteiger partial charge in [0.2, 0.25) is 11.8 Å². The second-order valence-electron chi connectivity index (χ2n) is 12.1. The van der Waals surface area contributed by atoms with Crippen LogP contribution >= 0.6 is 11.6 Å². The van der Waals surface area contributed by atoms with Gasteiger partial charge in [0.05, 0.1) is 18.7 Å². The standard InChI is InChI=1S/C29H34ClN5O4/c1-39-24-11-18(30)10-21-20(24)12-22(33-21)27(38)35-16-28(5-3-2-4-6-28)14-23(35)26(37)32-19(15-31)9-17-13-29(7-8-29)34-25(17)36/h10-12,17,19,23,33H,2-9,13-14,16H2,1H3,(H,32,37)(H,34,36). The number of aromatic nitrogens is 1. The lowest BCUT2D eigenvalue weighted by molar-refractivity contribution is -0.126. The van der Waals surface area contributed by atoms with Gasteiger partial charge in [-0.15, -0.1) is 0 Å². The monoisotopic (exact) mass is 551 g/mol. The van der Waals surface area contributed by atoms with Crippen LogP contribution in [0.1, 0.15) is 74.7 Å². The molecule has 39 heavy (non-hydrogen) atoms. The maximum Gasteiger partial charge on any atom is 0.271 e. The Bertz CT molecular complexity index is 1370. The van der Waals surface area contributed by atoms with Gasteiger partial charge >= 0.3 is 0 Å². The summed E-state index contributed by atoms with van der Waals surface area (Å²) in [5.41, 5.74) is 0.864. The maximum atomic E-state index is 13.9. The van der Waals surface area contributed by atoms with E-state index in [0.29, 0.717) is 41.4 Å². The number of hydrogen-bond donors (Lipinski definition) is 3. The summed E-state index contributed by atoms with van der Waals surface area (Å²) in [6.07, 6.45) is 8.80. The van der Waals surface area contributed by atoms with Crippen molar-refractivity contribution in [3.63, 3.8) is 0 Å². The first-order chi connectivity index (χ1) is 18.7. The summed E-state index contributed by atoms with van der Waals surface area (Å²) in [5.74, 6) is -0.334. The zero-order valence-electron chi connectivity index (χ0n) is 22.1. The van der Waals surface area contributed by atoms with Crippen LogP contribution in [0.5, 0.6) is 5.75 Å². The van der Waals surface area contributed by atoms with Gasteiger partial charge in [-0.25, -0.2) is 0 Å². The van der Waals surface area contributed by atoms with Crippen molar-refractivity contribution in [1.29, 1.82) is 5.26 Å². The van der Waals surface area contributed by atoms with E-state index in [9.17, 15) is 19.6 Å². The second-order valence-corrected chi connectivity index (χ2v) is 12.5. The number of hydrogen-bond acceptors (Lipinski definition) is 5. The fourth-order valence-corrected chi connectivity index (χ4v) is 7.33. The average molecular weight is 552 g/mol. The molecular weight excluding hydrogens is 518 g/mol. The molecule has 4 aliphatic rings. The van der Waals surface area contributed by atoms with E-state index < -0.39 is 12.1 Å². The Labute approximate surface area is 232 Å². The largest absolute Gasteiger partial charge is 0.496 e. The van der Waals surface area contributed by atoms with Gasteiger partial charge in [-0.3, -0.25) is 14.4 Å². The first-order valence-corrected chi connectivity index (χ1v) is 14.3. The highest BCUT2D eigenvalue weighted by molar-refractivity contribution is 6.31. The molecule has 6 rings (SSSR count). The molecule has 2 aromatic rings. The van der Waals surface area contributed by atoms with Gasteiger partial charge in [-0.1, -0.05) is 30.9 Å². The number of benzene rings is 1. The van der Waals surface area contributed by atoms with Crippen molar-refractivity contribution in [3.8, 4) is 11.8 Å². The fourth-order valence-electron chi connectivity index (χ4n) is 7.12. The number of ether oxygens (including phenoxy) is 1. The second kappa shape index (κ2) is 9.74. The van der Waals surface area contributed by atoms with Crippen LogP contribution in [0.15, 0.2) is 18.2 Å². The number of nitrogens with zero attached hydrogens (tertiary/aromatic N) is 2. The molecule has 3 amide bonds. The Morgan fingerprint density at radius 2 is 1.97 bits per heavy atom. The van der Waals surface area contributed by atoms with E-state index >= 15 is 0 Å². The van der Waals surface area contributed by atoms with E-state index in [1.807, 2.05) is 0 Å². The Morgan fingerprint density at radius 3 is 2.64 bits per heavy atom. The predicted octanol–water partition coefficient (Wildman–Crippen LogP) is 4.06. The molecule has 10 heteroatoms. The predicted molar refractivity (Wildman–Crippen MR) is 145 cm³/mol. The number of nitrogens with one attached hydrogen (secondary N) is 3. The quantitative estimate of drug-likeness (QED) is 0.499. The number of fused-ring (bicyclic) bond motifs is 1. The van der Waals surface area contributed by atoms with Crippen LogP contribution < -0.4 is 15.4 Å². The molecule has 1 aromatic heterocycles. The van der Waals surface area contributed by atoms with E-state index in [2.05, 4.69) is 21.7 Å². The first-order valence-electron chi connectivity index (χ1n) is 13.9. The highest BCUT2D eigenvalue weighted by atomic mass is 35.5. The summed E-state index contributed by atoms with van der Waals surface area (Å²) in [5, 5.41) is 17.0. The number of nitriles is 1. The third-order valence-corrected chi connectivity index (χ3v) is 9.56. The normalized spacial score (nSPS) is 25.5. The molecule has 206 valence electrons. The summed E-state index contributed by atoms with van der Waals surface area (Å²) >= 11 is 6.23. The molecule has 2 aliphatic carbocycles. The van der Waals surface area contributed by atoms with Gasteiger partial charge in [0.15, 0.2) is 0 Å². The van der Waals surface area contributed by atoms with Gasteiger partial charge in [0, 0.05) is 28.4 Å². The SMILES string of the molecule is COc1cc(Cl)cc2[nH]c(C(=O)N3CC4(CCCCC4)CC3C(=O)NC(C#N)CC3CC4(CC4)NC3=O)cc12. The van der Waals surface area contributed by atoms with Crippen LogP contribution in [0, 0.1) is 22.7 Å². The van der Waals surface area contributed by atoms with E-state index in [1.165, 1.54) is 0 Å². The van der Waals surface area contributed by atoms with Crippen LogP contribution in [0.3, 0.4) is 0 Å². The zero-order valence-corrected chi connectivity index (χ0v) is 22.9. The number of H-pyrrole nitrogens is 1. The highest BCUT2D eigenvalue weighted by Crippen LogP contribution is 2.48. The lowest BCUT2D eigenvalue weighted by Crippen LogP contribution is -2.49. The van der Waals surface area contributed by atoms with Crippen molar-refractivity contribution in [1.82, 2.24) is 20.5 Å². The molecule has 2 saturated heterocycles. The number of rotatable bonds is 6. The lowest BCUT2D eigenvalue weighted by atomic mass is 9.72. The minimum Gasteiger partial charge on any atom is -0.496 e. The third-order valence-electron chi connectivity index (χ3n) is 9.34. The molecular formula is C29H34ClN5O4. The van der Waals surface area contributed by atoms with Crippen molar-refractivity contribution >= 4 is 40.2 Å². The smallest absolute Gasteiger partial charge is 0.271 e. The summed E-state index contributed by atoms with van der Waals surface area (Å²) in [6, 6.07) is 5.91. The first kappa shape index (κ1) is 26.0. The molecule has 2 spiro atoms. The van der Waals surface area contributed by atoms with Crippen LogP contribution in [-0.2, 0) is 9.59 Å². The van der Waals surface area contributed by atoms with E-state index in [0.717, 1.165) is 50.3 Å². The Hall–Kier alpha value is -3.25. The Morgan fingerprint density at radius 1 is 1.21 bits per heavy atom. The van der Waals surface area contributed by atoms with Gasteiger partial charge in [-0.05, 0) is 68.6 Å². The lowest BCUT2D eigenvalue weighted by Gasteiger charge is -2.32. The van der Waals surface area contributed by atoms with Crippen molar-refractivity contribution in [3.05, 3.63) is 28.9 Å². The molecule has 0 radical (unpaired) electrons. The highest BCUT2D eigenvalue weighted by Gasteiger charge is 2.53. The van der Waals surface area contributed by atoms with Crippen LogP contribution in [0.4, 0.5) is 0 Å². The Balaban J connectivity index is 1.23. The number of amides is 3. The van der Waals surface area contributed by atoms with E-state index in [-0.39, 0.29) is 41.0 Å². The summed E-state index contributed by atoms with van der Waals surface area (Å²) in [6.45, 7) is 0.502. The molecule has 2 saturated carbocycles. The van der Waals surface area contributed by atoms with Crippen molar-refractivity contribution in [2.75, 3.05) is 13.7 Å². The van der Waals surface area contributed by atoms with E-state index in [1.54, 1.807) is 30.2 Å². The number of methoxy groups -OCH3 is 1. The van der Waals surface area contributed by atoms with Crippen LogP contribution in [0.25, 0.3) is 10.9 Å². The van der Waals surface area contributed by atoms with Crippen LogP contribution in [0.2, 0.25) is 5.02 Å². The number of carbonyl (C=O) groups is 3. The number of aromatic amines is 1. The Kier molecular flexibility index (Phi) is 6.49. The minimum absolute atomic E-state index is 0.0322. The molecule has 9 nitrogen and oxygen atoms in total.